The summed E-state index contributed by atoms with van der Waals surface area (Å²) in [4.78, 5) is 19.4. The Morgan fingerprint density at radius 3 is 2.20 bits per heavy atom. The average Bonchev–Trinajstić information content (AvgIpc) is 2.83. The molecular weight excluding hydrogens is 314 g/mol. The van der Waals surface area contributed by atoms with Gasteiger partial charge in [0.2, 0.25) is 5.91 Å². The maximum Gasteiger partial charge on any atom is 0.242 e. The van der Waals surface area contributed by atoms with Crippen molar-refractivity contribution in [3.05, 3.63) is 29.1 Å². The second-order valence-corrected chi connectivity index (χ2v) is 7.78. The van der Waals surface area contributed by atoms with Gasteiger partial charge in [-0.3, -0.25) is 4.79 Å². The fourth-order valence-corrected chi connectivity index (χ4v) is 3.12. The van der Waals surface area contributed by atoms with Crippen LogP contribution in [-0.4, -0.2) is 38.6 Å². The predicted octanol–water partition coefficient (Wildman–Crippen LogP) is 3.29. The first kappa shape index (κ1) is 19.4. The van der Waals surface area contributed by atoms with Gasteiger partial charge in [-0.2, -0.15) is 0 Å². The van der Waals surface area contributed by atoms with Gasteiger partial charge >= 0.3 is 0 Å². The zero-order chi connectivity index (χ0) is 18.7. The molecule has 1 heterocycles. The van der Waals surface area contributed by atoms with E-state index in [-0.39, 0.29) is 19.1 Å². The second kappa shape index (κ2) is 8.00. The van der Waals surface area contributed by atoms with Crippen LogP contribution in [0.15, 0.2) is 12.1 Å². The van der Waals surface area contributed by atoms with E-state index in [2.05, 4.69) is 45.7 Å². The van der Waals surface area contributed by atoms with Crippen LogP contribution in [0.2, 0.25) is 0 Å². The number of hydrogen-bond acceptors (Lipinski definition) is 3. The van der Waals surface area contributed by atoms with Gasteiger partial charge in [-0.1, -0.05) is 27.7 Å². The first-order chi connectivity index (χ1) is 11.7. The molecule has 0 bridgehead atoms. The number of carbonyl (C=O) groups excluding carboxylic acids is 1. The van der Waals surface area contributed by atoms with Crippen molar-refractivity contribution in [2.24, 2.45) is 11.8 Å². The minimum Gasteiger partial charge on any atom is -0.388 e. The third-order valence-corrected chi connectivity index (χ3v) is 4.40. The van der Waals surface area contributed by atoms with Gasteiger partial charge in [-0.05, 0) is 48.9 Å². The van der Waals surface area contributed by atoms with Gasteiger partial charge in [0.15, 0.2) is 0 Å². The van der Waals surface area contributed by atoms with Crippen LogP contribution in [0.5, 0.6) is 0 Å². The van der Waals surface area contributed by atoms with Crippen LogP contribution in [-0.2, 0) is 17.9 Å². The number of aromatic nitrogens is 2. The largest absolute Gasteiger partial charge is 0.388 e. The highest BCUT2D eigenvalue weighted by Crippen LogP contribution is 2.21. The highest BCUT2D eigenvalue weighted by molar-refractivity contribution is 5.82. The van der Waals surface area contributed by atoms with Gasteiger partial charge in [0, 0.05) is 13.1 Å². The number of fused-ring (bicyclic) bond motifs is 1. The Kier molecular flexibility index (Phi) is 6.22. The second-order valence-electron chi connectivity index (χ2n) is 7.78. The number of aliphatic hydroxyl groups excluding tert-OH is 1. The van der Waals surface area contributed by atoms with E-state index in [1.54, 1.807) is 0 Å². The minimum absolute atomic E-state index is 0.0784. The van der Waals surface area contributed by atoms with E-state index < -0.39 is 0 Å². The molecule has 1 aromatic heterocycles. The molecule has 0 unspecified atom stereocenters. The lowest BCUT2D eigenvalue weighted by Crippen LogP contribution is -2.39. The zero-order valence-corrected chi connectivity index (χ0v) is 16.3. The molecule has 1 N–H and O–H groups in total. The Balaban J connectivity index is 2.36. The summed E-state index contributed by atoms with van der Waals surface area (Å²) in [6.45, 7) is 14.1. The minimum atomic E-state index is -0.172. The van der Waals surface area contributed by atoms with Crippen LogP contribution < -0.4 is 0 Å². The molecular formula is C20H31N3O2. The van der Waals surface area contributed by atoms with E-state index in [9.17, 15) is 9.90 Å². The van der Waals surface area contributed by atoms with Gasteiger partial charge in [0.1, 0.15) is 19.0 Å². The average molecular weight is 345 g/mol. The van der Waals surface area contributed by atoms with E-state index in [1.807, 2.05) is 22.5 Å². The molecule has 0 aliphatic rings. The molecule has 1 aromatic carbocycles. The van der Waals surface area contributed by atoms with Crippen LogP contribution >= 0.6 is 0 Å². The van der Waals surface area contributed by atoms with E-state index in [1.165, 1.54) is 0 Å². The molecule has 0 spiro atoms. The fraction of sp³-hybridized carbons (Fsp3) is 0.600. The first-order valence-corrected chi connectivity index (χ1v) is 9.07. The van der Waals surface area contributed by atoms with Crippen molar-refractivity contribution >= 4 is 16.9 Å². The number of imidazole rings is 1. The highest BCUT2D eigenvalue weighted by atomic mass is 16.3. The Hall–Kier alpha value is -1.88. The van der Waals surface area contributed by atoms with Gasteiger partial charge in [-0.15, -0.1) is 0 Å². The van der Waals surface area contributed by atoms with Gasteiger partial charge in [0.05, 0.1) is 11.0 Å². The summed E-state index contributed by atoms with van der Waals surface area (Å²) in [5.74, 6) is 1.46. The summed E-state index contributed by atoms with van der Waals surface area (Å²) in [7, 11) is 0. The zero-order valence-electron chi connectivity index (χ0n) is 16.3. The van der Waals surface area contributed by atoms with E-state index in [0.717, 1.165) is 35.2 Å². The van der Waals surface area contributed by atoms with Gasteiger partial charge < -0.3 is 14.6 Å². The van der Waals surface area contributed by atoms with Crippen molar-refractivity contribution in [1.29, 1.82) is 0 Å². The van der Waals surface area contributed by atoms with Crippen LogP contribution in [0.25, 0.3) is 11.0 Å². The molecule has 0 radical (unpaired) electrons. The lowest BCUT2D eigenvalue weighted by molar-refractivity contribution is -0.132. The van der Waals surface area contributed by atoms with Gasteiger partial charge in [-0.25, -0.2) is 4.98 Å². The molecule has 5 nitrogen and oxygen atoms in total. The predicted molar refractivity (Wildman–Crippen MR) is 101 cm³/mol. The molecule has 138 valence electrons. The molecule has 0 aliphatic heterocycles. The Morgan fingerprint density at radius 2 is 1.68 bits per heavy atom. The molecule has 0 saturated carbocycles. The standard InChI is InChI=1S/C20H31N3O2/c1-13(2)9-22(10-14(3)4)20(25)11-23-18-8-16(6)15(5)7-17(18)21-19(23)12-24/h7-8,13-14,24H,9-12H2,1-6H3. The molecule has 0 fully saturated rings. The van der Waals surface area contributed by atoms with Crippen LogP contribution in [0.3, 0.4) is 0 Å². The van der Waals surface area contributed by atoms with Crippen molar-refractivity contribution in [1.82, 2.24) is 14.5 Å². The van der Waals surface area contributed by atoms with E-state index in [0.29, 0.717) is 17.7 Å². The summed E-state index contributed by atoms with van der Waals surface area (Å²) in [6.07, 6.45) is 0. The van der Waals surface area contributed by atoms with E-state index >= 15 is 0 Å². The van der Waals surface area contributed by atoms with Gasteiger partial charge in [0.25, 0.3) is 0 Å². The maximum absolute atomic E-state index is 12.9. The molecule has 25 heavy (non-hydrogen) atoms. The molecule has 2 aromatic rings. The number of amides is 1. The Bertz CT molecular complexity index is 737. The Morgan fingerprint density at radius 1 is 1.12 bits per heavy atom. The molecule has 0 aliphatic carbocycles. The SMILES string of the molecule is Cc1cc2nc(CO)n(CC(=O)N(CC(C)C)CC(C)C)c2cc1C. The molecule has 1 amide bonds. The number of nitrogens with zero attached hydrogens (tertiary/aromatic N) is 3. The number of aliphatic hydroxyl groups is 1. The summed E-state index contributed by atoms with van der Waals surface area (Å²) >= 11 is 0. The van der Waals surface area contributed by atoms with Crippen molar-refractivity contribution in [3.63, 3.8) is 0 Å². The smallest absolute Gasteiger partial charge is 0.242 e. The first-order valence-electron chi connectivity index (χ1n) is 9.07. The number of rotatable bonds is 7. The maximum atomic E-state index is 12.9. The third-order valence-electron chi connectivity index (χ3n) is 4.40. The molecule has 2 rings (SSSR count). The van der Waals surface area contributed by atoms with Crippen LogP contribution in [0, 0.1) is 25.7 Å². The fourth-order valence-electron chi connectivity index (χ4n) is 3.12. The topological polar surface area (TPSA) is 58.4 Å². The van der Waals surface area contributed by atoms with Crippen LogP contribution in [0.1, 0.15) is 44.6 Å². The number of benzene rings is 1. The normalized spacial score (nSPS) is 11.7. The van der Waals surface area contributed by atoms with E-state index in [4.69, 9.17) is 0 Å². The van der Waals surface area contributed by atoms with Crippen molar-refractivity contribution in [2.45, 2.75) is 54.7 Å². The summed E-state index contributed by atoms with van der Waals surface area (Å²) < 4.78 is 1.86. The number of carbonyl (C=O) groups is 1. The summed E-state index contributed by atoms with van der Waals surface area (Å²) in [6, 6.07) is 4.07. The monoisotopic (exact) mass is 345 g/mol. The summed E-state index contributed by atoms with van der Waals surface area (Å²) in [5.41, 5.74) is 4.06. The number of hydrogen-bond donors (Lipinski definition) is 1. The molecule has 5 heteroatoms. The van der Waals surface area contributed by atoms with Crippen molar-refractivity contribution in [2.75, 3.05) is 13.1 Å². The quantitative estimate of drug-likeness (QED) is 0.838. The molecule has 0 atom stereocenters. The summed E-state index contributed by atoms with van der Waals surface area (Å²) in [5, 5.41) is 9.69. The molecule has 0 saturated heterocycles. The Labute approximate surface area is 150 Å². The lowest BCUT2D eigenvalue weighted by Gasteiger charge is -2.27. The van der Waals surface area contributed by atoms with Crippen LogP contribution in [0.4, 0.5) is 0 Å². The number of aryl methyl sites for hydroxylation is 2. The third kappa shape index (κ3) is 4.60. The lowest BCUT2D eigenvalue weighted by atomic mass is 10.1. The van der Waals surface area contributed by atoms with Crippen molar-refractivity contribution < 1.29 is 9.90 Å². The van der Waals surface area contributed by atoms with Crippen molar-refractivity contribution in [3.8, 4) is 0 Å². The highest BCUT2D eigenvalue weighted by Gasteiger charge is 2.20.